The fraction of sp³-hybridized carbons (Fsp3) is 0.0556. The van der Waals surface area contributed by atoms with Crippen LogP contribution in [0.4, 0.5) is 10.1 Å². The van der Waals surface area contributed by atoms with Gasteiger partial charge in [0, 0.05) is 22.2 Å². The maximum atomic E-state index is 13.9. The lowest BCUT2D eigenvalue weighted by atomic mass is 9.93. The molecule has 3 rings (SSSR count). The van der Waals surface area contributed by atoms with Gasteiger partial charge in [-0.1, -0.05) is 36.4 Å². The first-order chi connectivity index (χ1) is 10.1. The van der Waals surface area contributed by atoms with Gasteiger partial charge >= 0.3 is 0 Å². The van der Waals surface area contributed by atoms with Crippen LogP contribution in [0.3, 0.4) is 0 Å². The maximum Gasteiger partial charge on any atom is 0.195 e. The van der Waals surface area contributed by atoms with Gasteiger partial charge in [-0.2, -0.15) is 0 Å². The van der Waals surface area contributed by atoms with Crippen LogP contribution in [0.15, 0.2) is 54.6 Å². The van der Waals surface area contributed by atoms with Gasteiger partial charge in [-0.25, -0.2) is 4.39 Å². The summed E-state index contributed by atoms with van der Waals surface area (Å²) in [6, 6.07) is 15.2. The number of hydrogen-bond acceptors (Lipinski definition) is 2. The Labute approximate surface area is 122 Å². The summed E-state index contributed by atoms with van der Waals surface area (Å²) in [7, 11) is 0. The number of nitrogens with two attached hydrogens (primary N) is 1. The largest absolute Gasteiger partial charge is 0.398 e. The lowest BCUT2D eigenvalue weighted by molar-refractivity contribution is 0.104. The highest BCUT2D eigenvalue weighted by molar-refractivity contribution is 6.19. The van der Waals surface area contributed by atoms with Crippen LogP contribution in [-0.4, -0.2) is 5.78 Å². The van der Waals surface area contributed by atoms with E-state index in [1.54, 1.807) is 30.3 Å². The summed E-state index contributed by atoms with van der Waals surface area (Å²) < 4.78 is 13.9. The van der Waals surface area contributed by atoms with Crippen molar-refractivity contribution in [2.24, 2.45) is 0 Å². The normalized spacial score (nSPS) is 10.8. The number of fused-ring (bicyclic) bond motifs is 1. The zero-order chi connectivity index (χ0) is 15.0. The molecule has 0 heterocycles. The Bertz CT molecular complexity index is 835. The minimum absolute atomic E-state index is 0.179. The molecule has 0 aliphatic heterocycles. The zero-order valence-corrected chi connectivity index (χ0v) is 11.6. The minimum Gasteiger partial charge on any atom is -0.398 e. The van der Waals surface area contributed by atoms with E-state index in [1.165, 1.54) is 12.1 Å². The number of hydrogen-bond donors (Lipinski definition) is 1. The highest BCUT2D eigenvalue weighted by Crippen LogP contribution is 2.27. The predicted octanol–water partition coefficient (Wildman–Crippen LogP) is 4.10. The molecule has 3 heteroatoms. The summed E-state index contributed by atoms with van der Waals surface area (Å²) in [6.45, 7) is 1.84. The second-order valence-corrected chi connectivity index (χ2v) is 5.01. The van der Waals surface area contributed by atoms with Crippen molar-refractivity contribution >= 4 is 22.2 Å². The Morgan fingerprint density at radius 2 is 1.67 bits per heavy atom. The third kappa shape index (κ3) is 2.17. The summed E-state index contributed by atoms with van der Waals surface area (Å²) in [5.41, 5.74) is 8.14. The molecular weight excluding hydrogens is 265 g/mol. The lowest BCUT2D eigenvalue weighted by Crippen LogP contribution is -2.08. The van der Waals surface area contributed by atoms with Crippen LogP contribution in [-0.2, 0) is 0 Å². The van der Waals surface area contributed by atoms with E-state index in [1.807, 2.05) is 19.1 Å². The molecule has 0 aliphatic carbocycles. The van der Waals surface area contributed by atoms with Crippen molar-refractivity contribution in [3.63, 3.8) is 0 Å². The number of ketones is 1. The summed E-state index contributed by atoms with van der Waals surface area (Å²) in [6.07, 6.45) is 0. The van der Waals surface area contributed by atoms with Crippen LogP contribution < -0.4 is 5.73 Å². The Hall–Kier alpha value is -2.68. The molecule has 0 aromatic heterocycles. The molecule has 3 aromatic rings. The van der Waals surface area contributed by atoms with Crippen molar-refractivity contribution in [3.8, 4) is 0 Å². The fourth-order valence-electron chi connectivity index (χ4n) is 2.60. The van der Waals surface area contributed by atoms with Gasteiger partial charge in [0.1, 0.15) is 5.82 Å². The van der Waals surface area contributed by atoms with Gasteiger partial charge in [0.2, 0.25) is 0 Å². The molecule has 0 unspecified atom stereocenters. The zero-order valence-electron chi connectivity index (χ0n) is 11.6. The van der Waals surface area contributed by atoms with E-state index < -0.39 is 0 Å². The Kier molecular flexibility index (Phi) is 3.18. The molecule has 3 aromatic carbocycles. The van der Waals surface area contributed by atoms with Gasteiger partial charge in [-0.05, 0) is 36.1 Å². The summed E-state index contributed by atoms with van der Waals surface area (Å²) in [5.74, 6) is -0.512. The van der Waals surface area contributed by atoms with Gasteiger partial charge in [-0.3, -0.25) is 4.79 Å². The van der Waals surface area contributed by atoms with Crippen LogP contribution in [0.2, 0.25) is 0 Å². The third-order valence-corrected chi connectivity index (χ3v) is 3.65. The molecule has 0 saturated heterocycles. The smallest absolute Gasteiger partial charge is 0.195 e. The first-order valence-electron chi connectivity index (χ1n) is 6.66. The Morgan fingerprint density at radius 1 is 0.952 bits per heavy atom. The number of carbonyl (C=O) groups excluding carboxylic acids is 1. The number of benzene rings is 3. The van der Waals surface area contributed by atoms with Gasteiger partial charge in [0.15, 0.2) is 5.78 Å². The van der Waals surface area contributed by atoms with Crippen LogP contribution in [0, 0.1) is 12.7 Å². The van der Waals surface area contributed by atoms with E-state index in [0.717, 1.165) is 5.56 Å². The van der Waals surface area contributed by atoms with Crippen molar-refractivity contribution in [2.45, 2.75) is 6.92 Å². The van der Waals surface area contributed by atoms with E-state index in [2.05, 4.69) is 0 Å². The van der Waals surface area contributed by atoms with Crippen LogP contribution in [0.1, 0.15) is 21.5 Å². The summed E-state index contributed by atoms with van der Waals surface area (Å²) in [4.78, 5) is 12.8. The third-order valence-electron chi connectivity index (χ3n) is 3.65. The Balaban J connectivity index is 2.26. The van der Waals surface area contributed by atoms with Crippen molar-refractivity contribution in [1.82, 2.24) is 0 Å². The average Bonchev–Trinajstić information content (AvgIpc) is 2.47. The molecule has 0 spiro atoms. The SMILES string of the molecule is Cc1cccc(N)c1C(=O)c1ccc(F)c2ccccc12. The number of anilines is 1. The molecule has 0 saturated carbocycles. The predicted molar refractivity (Wildman–Crippen MR) is 82.9 cm³/mol. The van der Waals surface area contributed by atoms with Crippen LogP contribution in [0.5, 0.6) is 0 Å². The topological polar surface area (TPSA) is 43.1 Å². The van der Waals surface area contributed by atoms with Gasteiger partial charge in [0.25, 0.3) is 0 Å². The van der Waals surface area contributed by atoms with E-state index in [4.69, 9.17) is 5.73 Å². The second kappa shape index (κ2) is 5.02. The molecule has 21 heavy (non-hydrogen) atoms. The van der Waals surface area contributed by atoms with Crippen molar-refractivity contribution in [2.75, 3.05) is 5.73 Å². The molecule has 0 fully saturated rings. The van der Waals surface area contributed by atoms with Crippen molar-refractivity contribution < 1.29 is 9.18 Å². The molecular formula is C18H14FNO. The van der Waals surface area contributed by atoms with Gasteiger partial charge in [0.05, 0.1) is 0 Å². The first-order valence-corrected chi connectivity index (χ1v) is 6.66. The number of aryl methyl sites for hydroxylation is 1. The number of halogens is 1. The second-order valence-electron chi connectivity index (χ2n) is 5.01. The van der Waals surface area contributed by atoms with Crippen LogP contribution in [0.25, 0.3) is 10.8 Å². The molecule has 0 amide bonds. The summed E-state index contributed by atoms with van der Waals surface area (Å²) >= 11 is 0. The highest BCUT2D eigenvalue weighted by Gasteiger charge is 2.18. The van der Waals surface area contributed by atoms with E-state index >= 15 is 0 Å². The van der Waals surface area contributed by atoms with E-state index in [0.29, 0.717) is 27.6 Å². The molecule has 2 N–H and O–H groups in total. The summed E-state index contributed by atoms with van der Waals surface area (Å²) in [5, 5.41) is 1.04. The van der Waals surface area contributed by atoms with E-state index in [9.17, 15) is 9.18 Å². The molecule has 0 radical (unpaired) electrons. The maximum absolute atomic E-state index is 13.9. The van der Waals surface area contributed by atoms with Gasteiger partial charge in [-0.15, -0.1) is 0 Å². The number of rotatable bonds is 2. The van der Waals surface area contributed by atoms with Crippen molar-refractivity contribution in [3.05, 3.63) is 77.1 Å². The van der Waals surface area contributed by atoms with Crippen LogP contribution >= 0.6 is 0 Å². The Morgan fingerprint density at radius 3 is 2.38 bits per heavy atom. The highest BCUT2D eigenvalue weighted by atomic mass is 19.1. The number of carbonyl (C=O) groups is 1. The quantitative estimate of drug-likeness (QED) is 0.567. The fourth-order valence-corrected chi connectivity index (χ4v) is 2.60. The first kappa shape index (κ1) is 13.3. The molecule has 0 bridgehead atoms. The van der Waals surface area contributed by atoms with Gasteiger partial charge < -0.3 is 5.73 Å². The molecule has 2 nitrogen and oxygen atoms in total. The standard InChI is InChI=1S/C18H14FNO/c1-11-5-4-8-16(20)17(11)18(21)14-9-10-15(19)13-7-3-2-6-12(13)14/h2-10H,20H2,1H3. The molecule has 0 aliphatic rings. The minimum atomic E-state index is -0.333. The monoisotopic (exact) mass is 279 g/mol. The lowest BCUT2D eigenvalue weighted by Gasteiger charge is -2.11. The molecule has 0 atom stereocenters. The van der Waals surface area contributed by atoms with Crippen molar-refractivity contribution in [1.29, 1.82) is 0 Å². The average molecular weight is 279 g/mol. The molecule has 104 valence electrons. The number of nitrogen functional groups attached to an aromatic ring is 1. The van der Waals surface area contributed by atoms with E-state index in [-0.39, 0.29) is 11.6 Å².